The molecule has 0 amide bonds. The Hall–Kier alpha value is -1.45. The zero-order valence-electron chi connectivity index (χ0n) is 6.86. The molecule has 4 nitrogen and oxygen atoms in total. The molecule has 1 rings (SSSR count). The van der Waals surface area contributed by atoms with Gasteiger partial charge in [0.2, 0.25) is 0 Å². The summed E-state index contributed by atoms with van der Waals surface area (Å²) in [5.41, 5.74) is 1.76. The van der Waals surface area contributed by atoms with Crippen molar-refractivity contribution >= 4 is 6.47 Å². The standard InChI is InChI=1S/C8H10N2O2/c1-7-8(2-5-12-6-11)10-4-3-9-7/h3-4,6H,2,5H2,1H3. The van der Waals surface area contributed by atoms with E-state index in [-0.39, 0.29) is 0 Å². The number of hydrogen-bond donors (Lipinski definition) is 0. The summed E-state index contributed by atoms with van der Waals surface area (Å²) in [7, 11) is 0. The Kier molecular flexibility index (Phi) is 3.19. The van der Waals surface area contributed by atoms with E-state index in [1.165, 1.54) is 0 Å². The minimum Gasteiger partial charge on any atom is -0.467 e. The highest BCUT2D eigenvalue weighted by molar-refractivity contribution is 5.36. The van der Waals surface area contributed by atoms with Gasteiger partial charge in [0.25, 0.3) is 6.47 Å². The number of hydrogen-bond acceptors (Lipinski definition) is 4. The van der Waals surface area contributed by atoms with Gasteiger partial charge in [-0.25, -0.2) is 0 Å². The fourth-order valence-corrected chi connectivity index (χ4v) is 0.886. The van der Waals surface area contributed by atoms with E-state index in [1.807, 2.05) is 6.92 Å². The second-order valence-electron chi connectivity index (χ2n) is 2.31. The van der Waals surface area contributed by atoms with Gasteiger partial charge in [-0.15, -0.1) is 0 Å². The second-order valence-corrected chi connectivity index (χ2v) is 2.31. The van der Waals surface area contributed by atoms with Crippen LogP contribution >= 0.6 is 0 Å². The predicted molar refractivity (Wildman–Crippen MR) is 42.5 cm³/mol. The van der Waals surface area contributed by atoms with Gasteiger partial charge in [-0.2, -0.15) is 0 Å². The van der Waals surface area contributed by atoms with Crippen molar-refractivity contribution < 1.29 is 9.53 Å². The first-order valence-corrected chi connectivity index (χ1v) is 3.66. The summed E-state index contributed by atoms with van der Waals surface area (Å²) in [5, 5.41) is 0. The Balaban J connectivity index is 2.51. The molecule has 12 heavy (non-hydrogen) atoms. The molecule has 1 aromatic rings. The summed E-state index contributed by atoms with van der Waals surface area (Å²) < 4.78 is 4.54. The molecule has 64 valence electrons. The Morgan fingerprint density at radius 1 is 1.50 bits per heavy atom. The van der Waals surface area contributed by atoms with Gasteiger partial charge in [0, 0.05) is 18.8 Å². The first-order chi connectivity index (χ1) is 5.84. The quantitative estimate of drug-likeness (QED) is 0.482. The maximum absolute atomic E-state index is 9.82. The first kappa shape index (κ1) is 8.64. The van der Waals surface area contributed by atoms with Crippen molar-refractivity contribution in [2.24, 2.45) is 0 Å². The number of aromatic nitrogens is 2. The topological polar surface area (TPSA) is 52.1 Å². The molecule has 0 aliphatic rings. The average Bonchev–Trinajstić information content (AvgIpc) is 2.09. The number of nitrogens with zero attached hydrogens (tertiary/aromatic N) is 2. The van der Waals surface area contributed by atoms with Gasteiger partial charge < -0.3 is 4.74 Å². The largest absolute Gasteiger partial charge is 0.467 e. The normalized spacial score (nSPS) is 9.42. The highest BCUT2D eigenvalue weighted by Gasteiger charge is 1.98. The van der Waals surface area contributed by atoms with Gasteiger partial charge in [0.05, 0.1) is 18.0 Å². The molecule has 0 N–H and O–H groups in total. The average molecular weight is 166 g/mol. The van der Waals surface area contributed by atoms with Gasteiger partial charge in [0.15, 0.2) is 0 Å². The highest BCUT2D eigenvalue weighted by Crippen LogP contribution is 1.99. The van der Waals surface area contributed by atoms with Gasteiger partial charge in [-0.05, 0) is 6.92 Å². The van der Waals surface area contributed by atoms with Crippen molar-refractivity contribution in [3.63, 3.8) is 0 Å². The van der Waals surface area contributed by atoms with Crippen LogP contribution in [0.2, 0.25) is 0 Å². The molecule has 0 unspecified atom stereocenters. The lowest BCUT2D eigenvalue weighted by Crippen LogP contribution is -2.02. The van der Waals surface area contributed by atoms with E-state index in [1.54, 1.807) is 12.4 Å². The number of ether oxygens (including phenoxy) is 1. The molecule has 1 aromatic heterocycles. The molecular weight excluding hydrogens is 156 g/mol. The Morgan fingerprint density at radius 3 is 2.92 bits per heavy atom. The molecule has 0 saturated carbocycles. The summed E-state index contributed by atoms with van der Waals surface area (Å²) in [5.74, 6) is 0. The summed E-state index contributed by atoms with van der Waals surface area (Å²) in [6.07, 6.45) is 3.89. The third kappa shape index (κ3) is 2.30. The van der Waals surface area contributed by atoms with Crippen LogP contribution in [-0.4, -0.2) is 23.0 Å². The lowest BCUT2D eigenvalue weighted by atomic mass is 10.2. The fraction of sp³-hybridized carbons (Fsp3) is 0.375. The maximum atomic E-state index is 9.82. The van der Waals surface area contributed by atoms with E-state index in [2.05, 4.69) is 14.7 Å². The van der Waals surface area contributed by atoms with Crippen LogP contribution in [0.3, 0.4) is 0 Å². The molecule has 0 radical (unpaired) electrons. The monoisotopic (exact) mass is 166 g/mol. The predicted octanol–water partition coefficient (Wildman–Crippen LogP) is 0.501. The molecule has 0 saturated heterocycles. The minimum absolute atomic E-state index is 0.364. The van der Waals surface area contributed by atoms with Crippen molar-refractivity contribution in [3.05, 3.63) is 23.8 Å². The van der Waals surface area contributed by atoms with Gasteiger partial charge in [-0.1, -0.05) is 0 Å². The molecule has 0 bridgehead atoms. The van der Waals surface area contributed by atoms with E-state index >= 15 is 0 Å². The molecule has 4 heteroatoms. The van der Waals surface area contributed by atoms with Crippen LogP contribution in [0.1, 0.15) is 11.4 Å². The third-order valence-electron chi connectivity index (χ3n) is 1.51. The lowest BCUT2D eigenvalue weighted by Gasteiger charge is -2.01. The molecule has 0 aliphatic heterocycles. The second kappa shape index (κ2) is 4.43. The van der Waals surface area contributed by atoms with Crippen LogP contribution < -0.4 is 0 Å². The van der Waals surface area contributed by atoms with Crippen LogP contribution in [0.5, 0.6) is 0 Å². The molecule has 0 fully saturated rings. The van der Waals surface area contributed by atoms with Gasteiger partial charge in [0.1, 0.15) is 0 Å². The van der Waals surface area contributed by atoms with Gasteiger partial charge in [-0.3, -0.25) is 14.8 Å². The minimum atomic E-state index is 0.364. The van der Waals surface area contributed by atoms with Gasteiger partial charge >= 0.3 is 0 Å². The molecule has 0 aliphatic carbocycles. The van der Waals surface area contributed by atoms with Crippen molar-refractivity contribution in [1.82, 2.24) is 9.97 Å². The number of carbonyl (C=O) groups is 1. The summed E-state index contributed by atoms with van der Waals surface area (Å²) in [6, 6.07) is 0. The van der Waals surface area contributed by atoms with Crippen molar-refractivity contribution in [1.29, 1.82) is 0 Å². The molecule has 0 spiro atoms. The fourth-order valence-electron chi connectivity index (χ4n) is 0.886. The maximum Gasteiger partial charge on any atom is 0.293 e. The number of carbonyl (C=O) groups excluding carboxylic acids is 1. The van der Waals surface area contributed by atoms with Crippen molar-refractivity contribution in [2.75, 3.05) is 6.61 Å². The zero-order chi connectivity index (χ0) is 8.81. The molecule has 0 atom stereocenters. The van der Waals surface area contributed by atoms with E-state index in [0.29, 0.717) is 19.5 Å². The Bertz CT molecular complexity index is 263. The van der Waals surface area contributed by atoms with Crippen LogP contribution in [0.4, 0.5) is 0 Å². The molecule has 1 heterocycles. The number of aryl methyl sites for hydroxylation is 1. The van der Waals surface area contributed by atoms with Crippen LogP contribution in [0.15, 0.2) is 12.4 Å². The first-order valence-electron chi connectivity index (χ1n) is 3.66. The van der Waals surface area contributed by atoms with Crippen LogP contribution in [0, 0.1) is 6.92 Å². The smallest absolute Gasteiger partial charge is 0.293 e. The van der Waals surface area contributed by atoms with Crippen LogP contribution in [0.25, 0.3) is 0 Å². The van der Waals surface area contributed by atoms with E-state index in [9.17, 15) is 4.79 Å². The molecule has 0 aromatic carbocycles. The Labute approximate surface area is 70.6 Å². The highest BCUT2D eigenvalue weighted by atomic mass is 16.5. The third-order valence-corrected chi connectivity index (χ3v) is 1.51. The summed E-state index contributed by atoms with van der Waals surface area (Å²) >= 11 is 0. The lowest BCUT2D eigenvalue weighted by molar-refractivity contribution is -0.128. The van der Waals surface area contributed by atoms with Crippen molar-refractivity contribution in [2.45, 2.75) is 13.3 Å². The molecular formula is C8H10N2O2. The van der Waals surface area contributed by atoms with E-state index in [4.69, 9.17) is 0 Å². The zero-order valence-corrected chi connectivity index (χ0v) is 6.86. The van der Waals surface area contributed by atoms with Crippen LogP contribution in [-0.2, 0) is 16.0 Å². The van der Waals surface area contributed by atoms with E-state index < -0.39 is 0 Å². The Morgan fingerprint density at radius 2 is 2.25 bits per heavy atom. The van der Waals surface area contributed by atoms with Crippen molar-refractivity contribution in [3.8, 4) is 0 Å². The number of rotatable bonds is 4. The summed E-state index contributed by atoms with van der Waals surface area (Å²) in [4.78, 5) is 18.0. The SMILES string of the molecule is Cc1nccnc1CCOC=O. The summed E-state index contributed by atoms with van der Waals surface area (Å²) in [6.45, 7) is 2.68. The van der Waals surface area contributed by atoms with E-state index in [0.717, 1.165) is 11.4 Å².